The van der Waals surface area contributed by atoms with Crippen LogP contribution in [-0.4, -0.2) is 12.4 Å². The number of ether oxygens (including phenoxy) is 1. The molecular weight excluding hydrogens is 152 g/mol. The fourth-order valence-electron chi connectivity index (χ4n) is 1.44. The second kappa shape index (κ2) is 2.63. The van der Waals surface area contributed by atoms with Crippen LogP contribution in [0.25, 0.3) is 0 Å². The third-order valence-electron chi connectivity index (χ3n) is 2.09. The van der Waals surface area contributed by atoms with Crippen molar-refractivity contribution in [3.8, 4) is 5.75 Å². The predicted octanol–water partition coefficient (Wildman–Crippen LogP) is 1.96. The lowest BCUT2D eigenvalue weighted by atomic mass is 10.0. The van der Waals surface area contributed by atoms with Crippen molar-refractivity contribution in [2.75, 3.05) is 6.61 Å². The Morgan fingerprint density at radius 3 is 3.00 bits per heavy atom. The Labute approximate surface area is 71.2 Å². The van der Waals surface area contributed by atoms with Gasteiger partial charge in [-0.3, -0.25) is 4.79 Å². The molecule has 0 saturated carbocycles. The first-order chi connectivity index (χ1) is 5.79. The minimum absolute atomic E-state index is 0.194. The van der Waals surface area contributed by atoms with Crippen molar-refractivity contribution < 1.29 is 9.53 Å². The van der Waals surface area contributed by atoms with E-state index in [0.717, 1.165) is 16.9 Å². The Bertz CT molecular complexity index is 329. The fourth-order valence-corrected chi connectivity index (χ4v) is 1.44. The maximum Gasteiger partial charge on any atom is 0.170 e. The summed E-state index contributed by atoms with van der Waals surface area (Å²) in [6.45, 7) is 2.48. The van der Waals surface area contributed by atoms with Crippen LogP contribution in [0.3, 0.4) is 0 Å². The molecule has 1 aliphatic heterocycles. The quantitative estimate of drug-likeness (QED) is 0.583. The maximum absolute atomic E-state index is 11.4. The SMILES string of the molecule is Cc1cccc2c1OCCC2=O. The number of aryl methyl sites for hydroxylation is 1. The molecule has 0 radical (unpaired) electrons. The number of benzene rings is 1. The summed E-state index contributed by atoms with van der Waals surface area (Å²) in [7, 11) is 0. The van der Waals surface area contributed by atoms with E-state index >= 15 is 0 Å². The molecule has 0 fully saturated rings. The Hall–Kier alpha value is -1.31. The van der Waals surface area contributed by atoms with Gasteiger partial charge in [-0.2, -0.15) is 0 Å². The molecule has 1 aromatic rings. The van der Waals surface area contributed by atoms with Crippen molar-refractivity contribution in [2.24, 2.45) is 0 Å². The van der Waals surface area contributed by atoms with Gasteiger partial charge in [0.05, 0.1) is 12.2 Å². The van der Waals surface area contributed by atoms with E-state index in [9.17, 15) is 4.79 Å². The molecule has 0 N–H and O–H groups in total. The van der Waals surface area contributed by atoms with Gasteiger partial charge in [0.1, 0.15) is 5.75 Å². The number of ketones is 1. The average molecular weight is 162 g/mol. The molecule has 0 amide bonds. The summed E-state index contributed by atoms with van der Waals surface area (Å²) in [5, 5.41) is 0. The largest absolute Gasteiger partial charge is 0.492 e. The molecule has 1 aromatic carbocycles. The summed E-state index contributed by atoms with van der Waals surface area (Å²) >= 11 is 0. The van der Waals surface area contributed by atoms with E-state index in [4.69, 9.17) is 4.74 Å². The summed E-state index contributed by atoms with van der Waals surface area (Å²) in [4.78, 5) is 11.4. The third kappa shape index (κ3) is 0.998. The number of para-hydroxylation sites is 1. The fraction of sp³-hybridized carbons (Fsp3) is 0.300. The number of hydrogen-bond donors (Lipinski definition) is 0. The van der Waals surface area contributed by atoms with E-state index in [1.165, 1.54) is 0 Å². The molecule has 1 aliphatic rings. The van der Waals surface area contributed by atoms with Crippen LogP contribution >= 0.6 is 0 Å². The lowest BCUT2D eigenvalue weighted by molar-refractivity contribution is 0.0933. The maximum atomic E-state index is 11.4. The van der Waals surface area contributed by atoms with Crippen molar-refractivity contribution in [1.29, 1.82) is 0 Å². The van der Waals surface area contributed by atoms with Crippen molar-refractivity contribution in [2.45, 2.75) is 13.3 Å². The molecule has 2 rings (SSSR count). The molecule has 62 valence electrons. The Kier molecular flexibility index (Phi) is 1.61. The molecule has 2 heteroatoms. The molecule has 0 spiro atoms. The molecule has 1 heterocycles. The van der Waals surface area contributed by atoms with Crippen LogP contribution in [0, 0.1) is 6.92 Å². The number of fused-ring (bicyclic) bond motifs is 1. The second-order valence-electron chi connectivity index (χ2n) is 2.97. The van der Waals surface area contributed by atoms with Crippen LogP contribution in [0.2, 0.25) is 0 Å². The summed E-state index contributed by atoms with van der Waals surface area (Å²) < 4.78 is 5.40. The summed E-state index contributed by atoms with van der Waals surface area (Å²) in [6.07, 6.45) is 0.510. The van der Waals surface area contributed by atoms with E-state index in [1.807, 2.05) is 25.1 Å². The van der Waals surface area contributed by atoms with Gasteiger partial charge < -0.3 is 4.74 Å². The highest BCUT2D eigenvalue weighted by atomic mass is 16.5. The van der Waals surface area contributed by atoms with E-state index in [-0.39, 0.29) is 5.78 Å². The number of carbonyl (C=O) groups is 1. The van der Waals surface area contributed by atoms with Gasteiger partial charge in [-0.1, -0.05) is 12.1 Å². The number of rotatable bonds is 0. The number of carbonyl (C=O) groups excluding carboxylic acids is 1. The zero-order chi connectivity index (χ0) is 8.55. The predicted molar refractivity (Wildman–Crippen MR) is 45.6 cm³/mol. The Morgan fingerprint density at radius 1 is 1.42 bits per heavy atom. The van der Waals surface area contributed by atoms with Crippen LogP contribution in [0.4, 0.5) is 0 Å². The van der Waals surface area contributed by atoms with Crippen LogP contribution < -0.4 is 4.74 Å². The van der Waals surface area contributed by atoms with Crippen LogP contribution in [0.5, 0.6) is 5.75 Å². The van der Waals surface area contributed by atoms with Crippen molar-refractivity contribution in [3.63, 3.8) is 0 Å². The minimum atomic E-state index is 0.194. The molecular formula is C10H10O2. The number of hydrogen-bond acceptors (Lipinski definition) is 2. The van der Waals surface area contributed by atoms with Gasteiger partial charge in [0.25, 0.3) is 0 Å². The highest BCUT2D eigenvalue weighted by Gasteiger charge is 2.18. The normalized spacial score (nSPS) is 15.2. The molecule has 0 aromatic heterocycles. The molecule has 0 saturated heterocycles. The van der Waals surface area contributed by atoms with Crippen molar-refractivity contribution in [1.82, 2.24) is 0 Å². The minimum Gasteiger partial charge on any atom is -0.492 e. The molecule has 0 aliphatic carbocycles. The van der Waals surface area contributed by atoms with E-state index in [2.05, 4.69) is 0 Å². The van der Waals surface area contributed by atoms with Gasteiger partial charge in [-0.15, -0.1) is 0 Å². The molecule has 0 unspecified atom stereocenters. The Morgan fingerprint density at radius 2 is 2.25 bits per heavy atom. The van der Waals surface area contributed by atoms with Crippen LogP contribution in [-0.2, 0) is 0 Å². The highest BCUT2D eigenvalue weighted by molar-refractivity contribution is 5.99. The van der Waals surface area contributed by atoms with E-state index in [1.54, 1.807) is 0 Å². The van der Waals surface area contributed by atoms with Gasteiger partial charge in [0, 0.05) is 6.42 Å². The zero-order valence-corrected chi connectivity index (χ0v) is 6.96. The van der Waals surface area contributed by atoms with Gasteiger partial charge in [-0.25, -0.2) is 0 Å². The van der Waals surface area contributed by atoms with Gasteiger partial charge in [0.15, 0.2) is 5.78 Å². The molecule has 2 nitrogen and oxygen atoms in total. The first-order valence-electron chi connectivity index (χ1n) is 4.04. The Balaban J connectivity index is 2.59. The standard InChI is InChI=1S/C10H10O2/c1-7-3-2-4-8-9(11)5-6-12-10(7)8/h2-4H,5-6H2,1H3. The van der Waals surface area contributed by atoms with Crippen molar-refractivity contribution >= 4 is 5.78 Å². The van der Waals surface area contributed by atoms with Gasteiger partial charge in [-0.05, 0) is 18.6 Å². The number of Topliss-reactive ketones (excluding diaryl/α,β-unsaturated/α-hetero) is 1. The first-order valence-corrected chi connectivity index (χ1v) is 4.04. The summed E-state index contributed by atoms with van der Waals surface area (Å²) in [5.41, 5.74) is 1.78. The second-order valence-corrected chi connectivity index (χ2v) is 2.97. The highest BCUT2D eigenvalue weighted by Crippen LogP contribution is 2.27. The van der Waals surface area contributed by atoms with Crippen LogP contribution in [0.1, 0.15) is 22.3 Å². The lowest BCUT2D eigenvalue weighted by Gasteiger charge is -2.17. The van der Waals surface area contributed by atoms with Gasteiger partial charge >= 0.3 is 0 Å². The van der Waals surface area contributed by atoms with E-state index < -0.39 is 0 Å². The van der Waals surface area contributed by atoms with Crippen molar-refractivity contribution in [3.05, 3.63) is 29.3 Å². The lowest BCUT2D eigenvalue weighted by Crippen LogP contribution is -2.15. The first kappa shape index (κ1) is 7.35. The van der Waals surface area contributed by atoms with E-state index in [0.29, 0.717) is 13.0 Å². The third-order valence-corrected chi connectivity index (χ3v) is 2.09. The topological polar surface area (TPSA) is 26.3 Å². The molecule has 0 atom stereocenters. The molecule has 0 bridgehead atoms. The average Bonchev–Trinajstić information content (AvgIpc) is 2.07. The van der Waals surface area contributed by atoms with Gasteiger partial charge in [0.2, 0.25) is 0 Å². The zero-order valence-electron chi connectivity index (χ0n) is 6.96. The summed E-state index contributed by atoms with van der Waals surface area (Å²) in [5.74, 6) is 0.966. The monoisotopic (exact) mass is 162 g/mol. The molecule has 12 heavy (non-hydrogen) atoms. The van der Waals surface area contributed by atoms with Crippen LogP contribution in [0.15, 0.2) is 18.2 Å². The summed E-state index contributed by atoms with van der Waals surface area (Å²) in [6, 6.07) is 5.67. The smallest absolute Gasteiger partial charge is 0.170 e.